The highest BCUT2D eigenvalue weighted by atomic mass is 16.5. The van der Waals surface area contributed by atoms with Crippen LogP contribution in [-0.2, 0) is 0 Å². The van der Waals surface area contributed by atoms with Crippen molar-refractivity contribution in [2.24, 2.45) is 5.92 Å². The molecule has 0 saturated carbocycles. The zero-order valence-corrected chi connectivity index (χ0v) is 9.37. The second-order valence-corrected chi connectivity index (χ2v) is 3.91. The summed E-state index contributed by atoms with van der Waals surface area (Å²) >= 11 is 0. The molecule has 1 aromatic carbocycles. The second-order valence-electron chi connectivity index (χ2n) is 3.91. The fourth-order valence-corrected chi connectivity index (χ4v) is 1.12. The highest BCUT2D eigenvalue weighted by molar-refractivity contribution is 5.46. The molecule has 1 N–H and O–H groups in total. The van der Waals surface area contributed by atoms with Crippen LogP contribution in [0, 0.1) is 5.92 Å². The summed E-state index contributed by atoms with van der Waals surface area (Å²) in [5, 5.41) is 3.44. The van der Waals surface area contributed by atoms with Gasteiger partial charge in [0.25, 0.3) is 0 Å². The zero-order chi connectivity index (χ0) is 10.6. The highest BCUT2D eigenvalue weighted by Crippen LogP contribution is 2.17. The normalized spacial score (nSPS) is 12.6. The summed E-state index contributed by atoms with van der Waals surface area (Å²) in [5.74, 6) is 1.53. The number of benzene rings is 1. The predicted octanol–water partition coefficient (Wildman–Crippen LogP) is 3.15. The monoisotopic (exact) mass is 193 g/mol. The maximum absolute atomic E-state index is 5.09. The third-order valence-corrected chi connectivity index (χ3v) is 2.48. The Morgan fingerprint density at radius 2 is 1.64 bits per heavy atom. The fraction of sp³-hybridized carbons (Fsp3) is 0.500. The van der Waals surface area contributed by atoms with Gasteiger partial charge in [0.15, 0.2) is 0 Å². The van der Waals surface area contributed by atoms with Gasteiger partial charge < -0.3 is 10.1 Å². The van der Waals surface area contributed by atoms with Crippen molar-refractivity contribution in [2.75, 3.05) is 12.4 Å². The lowest BCUT2D eigenvalue weighted by molar-refractivity contribution is 0.415. The predicted molar refractivity (Wildman–Crippen MR) is 60.9 cm³/mol. The van der Waals surface area contributed by atoms with E-state index in [0.717, 1.165) is 11.4 Å². The molecule has 78 valence electrons. The molecule has 2 nitrogen and oxygen atoms in total. The summed E-state index contributed by atoms with van der Waals surface area (Å²) in [6.07, 6.45) is 0. The molecule has 1 rings (SSSR count). The van der Waals surface area contributed by atoms with E-state index in [1.54, 1.807) is 7.11 Å². The van der Waals surface area contributed by atoms with Crippen molar-refractivity contribution < 1.29 is 4.74 Å². The van der Waals surface area contributed by atoms with Crippen LogP contribution in [0.5, 0.6) is 5.75 Å². The Labute approximate surface area is 86.3 Å². The minimum absolute atomic E-state index is 0.489. The molecule has 0 unspecified atom stereocenters. The minimum atomic E-state index is 0.489. The van der Waals surface area contributed by atoms with Gasteiger partial charge in [0.1, 0.15) is 5.75 Å². The molecule has 0 aliphatic heterocycles. The average molecular weight is 193 g/mol. The molecule has 14 heavy (non-hydrogen) atoms. The molecule has 0 saturated heterocycles. The van der Waals surface area contributed by atoms with E-state index < -0.39 is 0 Å². The summed E-state index contributed by atoms with van der Waals surface area (Å²) in [5.41, 5.74) is 1.15. The Morgan fingerprint density at radius 3 is 2.07 bits per heavy atom. The summed E-state index contributed by atoms with van der Waals surface area (Å²) in [4.78, 5) is 0. The fourth-order valence-electron chi connectivity index (χ4n) is 1.12. The lowest BCUT2D eigenvalue weighted by Gasteiger charge is -2.18. The van der Waals surface area contributed by atoms with Gasteiger partial charge in [-0.2, -0.15) is 0 Å². The van der Waals surface area contributed by atoms with Crippen LogP contribution in [0.15, 0.2) is 24.3 Å². The lowest BCUT2D eigenvalue weighted by Crippen LogP contribution is -2.21. The number of hydrogen-bond donors (Lipinski definition) is 1. The minimum Gasteiger partial charge on any atom is -0.497 e. The van der Waals surface area contributed by atoms with Crippen molar-refractivity contribution in [3.63, 3.8) is 0 Å². The highest BCUT2D eigenvalue weighted by Gasteiger charge is 2.05. The van der Waals surface area contributed by atoms with Crippen LogP contribution in [0.4, 0.5) is 5.69 Å². The Hall–Kier alpha value is -1.18. The molecular formula is C12H19NO. The van der Waals surface area contributed by atoms with Crippen LogP contribution < -0.4 is 10.1 Å². The molecular weight excluding hydrogens is 174 g/mol. The van der Waals surface area contributed by atoms with E-state index in [9.17, 15) is 0 Å². The molecule has 0 spiro atoms. The third kappa shape index (κ3) is 2.95. The van der Waals surface area contributed by atoms with Gasteiger partial charge in [-0.1, -0.05) is 13.8 Å². The SMILES string of the molecule is COc1ccc(N[C@H](C)C(C)C)cc1. The van der Waals surface area contributed by atoms with Gasteiger partial charge in [-0.15, -0.1) is 0 Å². The van der Waals surface area contributed by atoms with Crippen LogP contribution in [0.2, 0.25) is 0 Å². The van der Waals surface area contributed by atoms with Gasteiger partial charge in [-0.25, -0.2) is 0 Å². The van der Waals surface area contributed by atoms with Crippen molar-refractivity contribution in [3.8, 4) is 5.75 Å². The summed E-state index contributed by atoms with van der Waals surface area (Å²) in [7, 11) is 1.68. The number of ether oxygens (including phenoxy) is 1. The van der Waals surface area contributed by atoms with Crippen LogP contribution in [0.3, 0.4) is 0 Å². The van der Waals surface area contributed by atoms with E-state index in [4.69, 9.17) is 4.74 Å². The lowest BCUT2D eigenvalue weighted by atomic mass is 10.1. The number of methoxy groups -OCH3 is 1. The maximum Gasteiger partial charge on any atom is 0.119 e. The summed E-state index contributed by atoms with van der Waals surface area (Å²) in [6, 6.07) is 8.50. The third-order valence-electron chi connectivity index (χ3n) is 2.48. The quantitative estimate of drug-likeness (QED) is 0.793. The first-order valence-corrected chi connectivity index (χ1v) is 5.04. The molecule has 1 atom stereocenters. The Bertz CT molecular complexity index is 266. The molecule has 0 aliphatic rings. The first-order valence-electron chi connectivity index (χ1n) is 5.04. The van der Waals surface area contributed by atoms with E-state index in [-0.39, 0.29) is 0 Å². The number of nitrogens with one attached hydrogen (secondary N) is 1. The van der Waals surface area contributed by atoms with Crippen LogP contribution in [0.1, 0.15) is 20.8 Å². The largest absolute Gasteiger partial charge is 0.497 e. The summed E-state index contributed by atoms with van der Waals surface area (Å²) in [6.45, 7) is 6.61. The van der Waals surface area contributed by atoms with Crippen LogP contribution in [-0.4, -0.2) is 13.2 Å². The maximum atomic E-state index is 5.09. The molecule has 0 amide bonds. The van der Waals surface area contributed by atoms with Crippen molar-refractivity contribution in [2.45, 2.75) is 26.8 Å². The smallest absolute Gasteiger partial charge is 0.119 e. The van der Waals surface area contributed by atoms with Gasteiger partial charge in [-0.05, 0) is 37.1 Å². The first kappa shape index (κ1) is 10.9. The molecule has 2 heteroatoms. The van der Waals surface area contributed by atoms with E-state index in [1.807, 2.05) is 24.3 Å². The zero-order valence-electron chi connectivity index (χ0n) is 9.37. The van der Waals surface area contributed by atoms with E-state index in [0.29, 0.717) is 12.0 Å². The molecule has 0 radical (unpaired) electrons. The van der Waals surface area contributed by atoms with Crippen molar-refractivity contribution in [3.05, 3.63) is 24.3 Å². The van der Waals surface area contributed by atoms with Crippen molar-refractivity contribution in [1.82, 2.24) is 0 Å². The molecule has 0 heterocycles. The second kappa shape index (κ2) is 4.89. The van der Waals surface area contributed by atoms with Gasteiger partial charge in [0.05, 0.1) is 7.11 Å². The summed E-state index contributed by atoms with van der Waals surface area (Å²) < 4.78 is 5.09. The average Bonchev–Trinajstić information content (AvgIpc) is 2.19. The van der Waals surface area contributed by atoms with Crippen molar-refractivity contribution >= 4 is 5.69 Å². The molecule has 1 aromatic rings. The van der Waals surface area contributed by atoms with E-state index >= 15 is 0 Å². The topological polar surface area (TPSA) is 21.3 Å². The molecule has 0 aromatic heterocycles. The van der Waals surface area contributed by atoms with Crippen molar-refractivity contribution in [1.29, 1.82) is 0 Å². The van der Waals surface area contributed by atoms with Crippen LogP contribution in [0.25, 0.3) is 0 Å². The van der Waals surface area contributed by atoms with Gasteiger partial charge in [0, 0.05) is 11.7 Å². The molecule has 0 aliphatic carbocycles. The molecule has 0 fully saturated rings. The van der Waals surface area contributed by atoms with Crippen LogP contribution >= 0.6 is 0 Å². The number of anilines is 1. The standard InChI is InChI=1S/C12H19NO/c1-9(2)10(3)13-11-5-7-12(14-4)8-6-11/h5-10,13H,1-4H3/t10-/m1/s1. The molecule has 0 bridgehead atoms. The number of hydrogen-bond acceptors (Lipinski definition) is 2. The Balaban J connectivity index is 2.59. The number of rotatable bonds is 4. The van der Waals surface area contributed by atoms with Gasteiger partial charge in [0.2, 0.25) is 0 Å². The van der Waals surface area contributed by atoms with E-state index in [2.05, 4.69) is 26.1 Å². The Morgan fingerprint density at radius 1 is 1.07 bits per heavy atom. The van der Waals surface area contributed by atoms with Gasteiger partial charge in [-0.3, -0.25) is 0 Å². The first-order chi connectivity index (χ1) is 6.63. The van der Waals surface area contributed by atoms with E-state index in [1.165, 1.54) is 0 Å². The van der Waals surface area contributed by atoms with Gasteiger partial charge >= 0.3 is 0 Å². The Kier molecular flexibility index (Phi) is 3.81.